The molecule has 0 aliphatic rings. The number of amides is 1. The van der Waals surface area contributed by atoms with Crippen LogP contribution in [0.25, 0.3) is 0 Å². The van der Waals surface area contributed by atoms with Crippen molar-refractivity contribution in [3.63, 3.8) is 0 Å². The number of ether oxygens (including phenoxy) is 2. The third kappa shape index (κ3) is 7.12. The molecule has 5 nitrogen and oxygen atoms in total. The van der Waals surface area contributed by atoms with Crippen molar-refractivity contribution in [2.75, 3.05) is 19.0 Å². The second kappa shape index (κ2) is 11.9. The minimum absolute atomic E-state index is 0.134. The first kappa shape index (κ1) is 21.6. The molecule has 2 rings (SSSR count). The molecule has 0 aromatic heterocycles. The smallest absolute Gasteiger partial charge is 0.250 e. The number of aryl methyl sites for hydroxylation is 1. The summed E-state index contributed by atoms with van der Waals surface area (Å²) in [6, 6.07) is 13.7. The Balaban J connectivity index is 1.84. The highest BCUT2D eigenvalue weighted by Crippen LogP contribution is 2.28. The van der Waals surface area contributed by atoms with Gasteiger partial charge < -0.3 is 9.47 Å². The topological polar surface area (TPSA) is 59.9 Å². The van der Waals surface area contributed by atoms with Crippen LogP contribution < -0.4 is 14.9 Å². The molecule has 1 amide bonds. The van der Waals surface area contributed by atoms with Gasteiger partial charge >= 0.3 is 0 Å². The van der Waals surface area contributed by atoms with Crippen molar-refractivity contribution in [2.24, 2.45) is 5.10 Å². The minimum Gasteiger partial charge on any atom is -0.490 e. The molecule has 0 fully saturated rings. The number of nitrogens with zero attached hydrogens (tertiary/aromatic N) is 1. The summed E-state index contributed by atoms with van der Waals surface area (Å²) in [6.07, 6.45) is 3.27. The van der Waals surface area contributed by atoms with Gasteiger partial charge in [0.2, 0.25) is 5.91 Å². The van der Waals surface area contributed by atoms with Crippen molar-refractivity contribution in [3.8, 4) is 11.5 Å². The van der Waals surface area contributed by atoms with Crippen molar-refractivity contribution in [2.45, 2.75) is 19.6 Å². The molecule has 0 spiro atoms. The molecular weight excluding hydrogens is 372 g/mol. The van der Waals surface area contributed by atoms with E-state index in [1.165, 1.54) is 11.1 Å². The molecule has 0 unspecified atom stereocenters. The fraction of sp³-hybridized carbons (Fsp3) is 0.273. The Labute approximate surface area is 170 Å². The van der Waals surface area contributed by atoms with Gasteiger partial charge in [0.05, 0.1) is 18.6 Å². The summed E-state index contributed by atoms with van der Waals surface area (Å²) in [4.78, 5) is 12.0. The molecule has 0 heterocycles. The highest BCUT2D eigenvalue weighted by molar-refractivity contribution is 7.99. The van der Waals surface area contributed by atoms with E-state index in [2.05, 4.69) is 36.2 Å². The minimum atomic E-state index is -0.134. The second-order valence-corrected chi connectivity index (χ2v) is 6.94. The van der Waals surface area contributed by atoms with Gasteiger partial charge in [0.25, 0.3) is 0 Å². The van der Waals surface area contributed by atoms with Crippen LogP contribution in [-0.4, -0.2) is 31.1 Å². The molecule has 0 bridgehead atoms. The van der Waals surface area contributed by atoms with E-state index >= 15 is 0 Å². The predicted molar refractivity (Wildman–Crippen MR) is 116 cm³/mol. The summed E-state index contributed by atoms with van der Waals surface area (Å²) in [5, 5.41) is 4.03. The first-order valence-corrected chi connectivity index (χ1v) is 10.2. The van der Waals surface area contributed by atoms with Gasteiger partial charge in [-0.1, -0.05) is 36.9 Å². The summed E-state index contributed by atoms with van der Waals surface area (Å²) in [5.74, 6) is 2.30. The zero-order valence-electron chi connectivity index (χ0n) is 16.3. The van der Waals surface area contributed by atoms with Crippen LogP contribution in [0.3, 0.4) is 0 Å². The van der Waals surface area contributed by atoms with Gasteiger partial charge in [-0.25, -0.2) is 5.43 Å². The predicted octanol–water partition coefficient (Wildman–Crippen LogP) is 4.34. The van der Waals surface area contributed by atoms with Crippen LogP contribution >= 0.6 is 11.8 Å². The zero-order chi connectivity index (χ0) is 20.2. The summed E-state index contributed by atoms with van der Waals surface area (Å²) in [7, 11) is 0. The van der Waals surface area contributed by atoms with Crippen molar-refractivity contribution in [1.82, 2.24) is 5.43 Å². The number of carbonyl (C=O) groups excluding carboxylic acids is 1. The summed E-state index contributed by atoms with van der Waals surface area (Å²) < 4.78 is 11.2. The van der Waals surface area contributed by atoms with Crippen LogP contribution in [0.4, 0.5) is 0 Å². The van der Waals surface area contributed by atoms with Gasteiger partial charge in [0.1, 0.15) is 6.61 Å². The van der Waals surface area contributed by atoms with E-state index < -0.39 is 0 Å². The fourth-order valence-corrected chi connectivity index (χ4v) is 3.27. The number of benzene rings is 2. The highest BCUT2D eigenvalue weighted by atomic mass is 32.2. The van der Waals surface area contributed by atoms with E-state index in [4.69, 9.17) is 9.47 Å². The lowest BCUT2D eigenvalue weighted by Crippen LogP contribution is -2.19. The molecule has 1 N–H and O–H groups in total. The molecule has 148 valence electrons. The normalized spacial score (nSPS) is 10.6. The van der Waals surface area contributed by atoms with E-state index in [-0.39, 0.29) is 5.91 Å². The van der Waals surface area contributed by atoms with Crippen LogP contribution in [0.1, 0.15) is 23.6 Å². The highest BCUT2D eigenvalue weighted by Gasteiger charge is 2.06. The van der Waals surface area contributed by atoms with Crippen molar-refractivity contribution < 1.29 is 14.3 Å². The number of rotatable bonds is 11. The molecule has 2 aromatic carbocycles. The first-order valence-electron chi connectivity index (χ1n) is 9.08. The van der Waals surface area contributed by atoms with Gasteiger partial charge in [0, 0.05) is 5.75 Å². The molecule has 2 aromatic rings. The third-order valence-electron chi connectivity index (χ3n) is 3.78. The molecule has 0 radical (unpaired) electrons. The van der Waals surface area contributed by atoms with Gasteiger partial charge in [-0.2, -0.15) is 5.10 Å². The monoisotopic (exact) mass is 398 g/mol. The largest absolute Gasteiger partial charge is 0.490 e. The molecule has 28 heavy (non-hydrogen) atoms. The van der Waals surface area contributed by atoms with Gasteiger partial charge in [-0.05, 0) is 48.7 Å². The average Bonchev–Trinajstić information content (AvgIpc) is 2.69. The molecule has 0 saturated carbocycles. The Kier molecular flexibility index (Phi) is 9.15. The van der Waals surface area contributed by atoms with E-state index in [1.54, 1.807) is 24.1 Å². The quantitative estimate of drug-likeness (QED) is 0.347. The van der Waals surface area contributed by atoms with Gasteiger partial charge in [-0.15, -0.1) is 11.8 Å². The molecular formula is C22H26N2O3S. The van der Waals surface area contributed by atoms with Crippen LogP contribution in [0.5, 0.6) is 11.5 Å². The number of hydrazone groups is 1. The molecule has 0 atom stereocenters. The zero-order valence-corrected chi connectivity index (χ0v) is 17.1. The summed E-state index contributed by atoms with van der Waals surface area (Å²) >= 11 is 1.56. The van der Waals surface area contributed by atoms with Crippen LogP contribution in [0.15, 0.2) is 60.2 Å². The summed E-state index contributed by atoms with van der Waals surface area (Å²) in [6.45, 7) is 8.56. The fourth-order valence-electron chi connectivity index (χ4n) is 2.38. The third-order valence-corrected chi connectivity index (χ3v) is 4.76. The van der Waals surface area contributed by atoms with Crippen LogP contribution in [0.2, 0.25) is 0 Å². The number of thioether (sulfide) groups is 1. The Morgan fingerprint density at radius 2 is 2.04 bits per heavy atom. The molecule has 0 aliphatic heterocycles. The van der Waals surface area contributed by atoms with Crippen LogP contribution in [0, 0.1) is 6.92 Å². The lowest BCUT2D eigenvalue weighted by molar-refractivity contribution is -0.118. The Morgan fingerprint density at radius 1 is 1.21 bits per heavy atom. The second-order valence-electron chi connectivity index (χ2n) is 5.95. The van der Waals surface area contributed by atoms with E-state index in [0.717, 1.165) is 11.3 Å². The standard InChI is InChI=1S/C22H26N2O3S/c1-4-12-27-20-11-10-18(13-21(20)26-5-2)14-23-24-22(25)16-28-15-19-9-7-6-8-17(19)3/h4,6-11,13-14H,1,5,12,15-16H2,2-3H3,(H,24,25). The maximum atomic E-state index is 12.0. The lowest BCUT2D eigenvalue weighted by atomic mass is 10.1. The number of nitrogens with one attached hydrogen (secondary N) is 1. The van der Waals surface area contributed by atoms with Crippen LogP contribution in [-0.2, 0) is 10.5 Å². The molecule has 0 aliphatic carbocycles. The van der Waals surface area contributed by atoms with Gasteiger partial charge in [0.15, 0.2) is 11.5 Å². The van der Waals surface area contributed by atoms with E-state index in [9.17, 15) is 4.79 Å². The van der Waals surface area contributed by atoms with Gasteiger partial charge in [-0.3, -0.25) is 4.79 Å². The maximum absolute atomic E-state index is 12.0. The Bertz CT molecular complexity index is 821. The first-order chi connectivity index (χ1) is 13.6. The van der Waals surface area contributed by atoms with Crippen molar-refractivity contribution in [1.29, 1.82) is 0 Å². The van der Waals surface area contributed by atoms with Crippen molar-refractivity contribution in [3.05, 3.63) is 71.8 Å². The molecule has 6 heteroatoms. The Morgan fingerprint density at radius 3 is 2.79 bits per heavy atom. The van der Waals surface area contributed by atoms with E-state index in [1.807, 2.05) is 37.3 Å². The number of carbonyl (C=O) groups is 1. The summed E-state index contributed by atoms with van der Waals surface area (Å²) in [5.41, 5.74) is 5.84. The SMILES string of the molecule is C=CCOc1ccc(C=NNC(=O)CSCc2ccccc2C)cc1OCC. The number of hydrogen-bond donors (Lipinski definition) is 1. The lowest BCUT2D eigenvalue weighted by Gasteiger charge is -2.11. The average molecular weight is 399 g/mol. The maximum Gasteiger partial charge on any atom is 0.250 e. The Hall–Kier alpha value is -2.73. The van der Waals surface area contributed by atoms with E-state index in [0.29, 0.717) is 30.5 Å². The molecule has 0 saturated heterocycles. The van der Waals surface area contributed by atoms with Crippen molar-refractivity contribution >= 4 is 23.9 Å². The number of hydrogen-bond acceptors (Lipinski definition) is 5.